The molecule has 1 aliphatic carbocycles. The number of rotatable bonds is 5. The molecule has 0 saturated heterocycles. The second-order valence-corrected chi connectivity index (χ2v) is 7.13. The number of nitrogens with zero attached hydrogens (tertiary/aromatic N) is 1. The van der Waals surface area contributed by atoms with Gasteiger partial charge >= 0.3 is 0 Å². The summed E-state index contributed by atoms with van der Waals surface area (Å²) in [5.74, 6) is 0. The third kappa shape index (κ3) is 4.02. The molecule has 1 aromatic carbocycles. The molecule has 0 amide bonds. The number of hydrogen-bond donors (Lipinski definition) is 2. The van der Waals surface area contributed by atoms with Crippen molar-refractivity contribution in [2.75, 3.05) is 7.05 Å². The highest BCUT2D eigenvalue weighted by Gasteiger charge is 2.29. The van der Waals surface area contributed by atoms with E-state index in [0.29, 0.717) is 19.4 Å². The predicted octanol–water partition coefficient (Wildman–Crippen LogP) is 1.26. The van der Waals surface area contributed by atoms with E-state index in [9.17, 15) is 13.5 Å². The van der Waals surface area contributed by atoms with Gasteiger partial charge in [-0.25, -0.2) is 0 Å². The molecule has 1 aliphatic rings. The molecular weight excluding hydrogens is 276 g/mol. The van der Waals surface area contributed by atoms with Crippen molar-refractivity contribution in [1.82, 2.24) is 9.03 Å². The van der Waals surface area contributed by atoms with Gasteiger partial charge in [-0.3, -0.25) is 0 Å². The SMILES string of the molecule is CN(Cc1ccccc1)S(=O)(=O)N[C@H]1CCCC[C@@H]1O. The van der Waals surface area contributed by atoms with E-state index in [4.69, 9.17) is 0 Å². The van der Waals surface area contributed by atoms with Crippen molar-refractivity contribution in [2.45, 2.75) is 44.4 Å². The maximum absolute atomic E-state index is 12.3. The minimum atomic E-state index is -3.57. The number of aliphatic hydroxyl groups is 1. The van der Waals surface area contributed by atoms with Crippen LogP contribution in [0, 0.1) is 0 Å². The molecule has 2 atom stereocenters. The van der Waals surface area contributed by atoms with Crippen LogP contribution in [-0.4, -0.2) is 37.0 Å². The minimum absolute atomic E-state index is 0.318. The van der Waals surface area contributed by atoms with Crippen LogP contribution in [0.15, 0.2) is 30.3 Å². The van der Waals surface area contributed by atoms with Gasteiger partial charge in [0.15, 0.2) is 0 Å². The first kappa shape index (κ1) is 15.4. The first-order chi connectivity index (χ1) is 9.49. The molecule has 0 spiro atoms. The molecule has 2 N–H and O–H groups in total. The summed E-state index contributed by atoms with van der Waals surface area (Å²) in [6, 6.07) is 9.08. The first-order valence-electron chi connectivity index (χ1n) is 6.94. The van der Waals surface area contributed by atoms with Crippen LogP contribution in [0.25, 0.3) is 0 Å². The Kier molecular flexibility index (Phi) is 5.15. The second kappa shape index (κ2) is 6.67. The lowest BCUT2D eigenvalue weighted by Crippen LogP contribution is -2.49. The van der Waals surface area contributed by atoms with E-state index in [2.05, 4.69) is 4.72 Å². The lowest BCUT2D eigenvalue weighted by Gasteiger charge is -2.30. The summed E-state index contributed by atoms with van der Waals surface area (Å²) in [5.41, 5.74) is 0.935. The zero-order valence-corrected chi connectivity index (χ0v) is 12.5. The number of benzene rings is 1. The number of aliphatic hydroxyl groups excluding tert-OH is 1. The van der Waals surface area contributed by atoms with Gasteiger partial charge in [0, 0.05) is 19.6 Å². The molecule has 6 heteroatoms. The molecule has 0 heterocycles. The summed E-state index contributed by atoms with van der Waals surface area (Å²) >= 11 is 0. The van der Waals surface area contributed by atoms with Gasteiger partial charge in [-0.05, 0) is 18.4 Å². The highest BCUT2D eigenvalue weighted by atomic mass is 32.2. The fraction of sp³-hybridized carbons (Fsp3) is 0.571. The summed E-state index contributed by atoms with van der Waals surface area (Å²) in [6.45, 7) is 0.318. The zero-order chi connectivity index (χ0) is 14.6. The summed E-state index contributed by atoms with van der Waals surface area (Å²) in [6.07, 6.45) is 2.68. The van der Waals surface area contributed by atoms with Crippen LogP contribution in [0.3, 0.4) is 0 Å². The lowest BCUT2D eigenvalue weighted by molar-refractivity contribution is 0.100. The fourth-order valence-corrected chi connectivity index (χ4v) is 3.61. The third-order valence-electron chi connectivity index (χ3n) is 3.69. The van der Waals surface area contributed by atoms with Crippen LogP contribution in [0.5, 0.6) is 0 Å². The van der Waals surface area contributed by atoms with Gasteiger partial charge in [0.25, 0.3) is 10.2 Å². The van der Waals surface area contributed by atoms with Crippen molar-refractivity contribution in [3.05, 3.63) is 35.9 Å². The molecule has 0 radical (unpaired) electrons. The third-order valence-corrected chi connectivity index (χ3v) is 5.24. The Morgan fingerprint density at radius 2 is 1.90 bits per heavy atom. The Balaban J connectivity index is 1.98. The Bertz CT molecular complexity index is 518. The van der Waals surface area contributed by atoms with E-state index in [1.54, 1.807) is 7.05 Å². The monoisotopic (exact) mass is 298 g/mol. The summed E-state index contributed by atoms with van der Waals surface area (Å²) in [5, 5.41) is 9.86. The quantitative estimate of drug-likeness (QED) is 0.860. The highest BCUT2D eigenvalue weighted by Crippen LogP contribution is 2.19. The van der Waals surface area contributed by atoms with Crippen molar-refractivity contribution in [3.63, 3.8) is 0 Å². The average molecular weight is 298 g/mol. The Hall–Kier alpha value is -0.950. The van der Waals surface area contributed by atoms with Gasteiger partial charge < -0.3 is 5.11 Å². The Morgan fingerprint density at radius 1 is 1.25 bits per heavy atom. The van der Waals surface area contributed by atoms with Crippen LogP contribution in [0.1, 0.15) is 31.2 Å². The maximum Gasteiger partial charge on any atom is 0.279 e. The van der Waals surface area contributed by atoms with Crippen LogP contribution in [0.2, 0.25) is 0 Å². The molecule has 1 aromatic rings. The molecule has 5 nitrogen and oxygen atoms in total. The normalized spacial score (nSPS) is 23.9. The van der Waals surface area contributed by atoms with Gasteiger partial charge in [-0.15, -0.1) is 0 Å². The largest absolute Gasteiger partial charge is 0.391 e. The molecule has 0 unspecified atom stereocenters. The average Bonchev–Trinajstić information content (AvgIpc) is 2.42. The van der Waals surface area contributed by atoms with E-state index in [0.717, 1.165) is 18.4 Å². The predicted molar refractivity (Wildman–Crippen MR) is 78.2 cm³/mol. The number of hydrogen-bond acceptors (Lipinski definition) is 3. The maximum atomic E-state index is 12.3. The molecule has 20 heavy (non-hydrogen) atoms. The van der Waals surface area contributed by atoms with E-state index in [1.165, 1.54) is 4.31 Å². The zero-order valence-electron chi connectivity index (χ0n) is 11.7. The number of nitrogens with one attached hydrogen (secondary N) is 1. The molecule has 112 valence electrons. The van der Waals surface area contributed by atoms with Crippen LogP contribution in [0.4, 0.5) is 0 Å². The van der Waals surface area contributed by atoms with E-state index < -0.39 is 16.3 Å². The van der Waals surface area contributed by atoms with Gasteiger partial charge in [0.1, 0.15) is 0 Å². The Labute approximate surface area is 120 Å². The second-order valence-electron chi connectivity index (χ2n) is 5.32. The molecular formula is C14H22N2O3S. The molecule has 1 fully saturated rings. The fourth-order valence-electron chi connectivity index (χ4n) is 2.46. The molecule has 1 saturated carbocycles. The summed E-state index contributed by atoms with van der Waals surface area (Å²) < 4.78 is 28.4. The summed E-state index contributed by atoms with van der Waals surface area (Å²) in [7, 11) is -2.02. The van der Waals surface area contributed by atoms with E-state index in [-0.39, 0.29) is 6.04 Å². The van der Waals surface area contributed by atoms with Crippen molar-refractivity contribution in [1.29, 1.82) is 0 Å². The topological polar surface area (TPSA) is 69.6 Å². The van der Waals surface area contributed by atoms with Gasteiger partial charge in [-0.1, -0.05) is 43.2 Å². The van der Waals surface area contributed by atoms with Crippen molar-refractivity contribution >= 4 is 10.2 Å². The first-order valence-corrected chi connectivity index (χ1v) is 8.38. The van der Waals surface area contributed by atoms with Gasteiger partial charge in [-0.2, -0.15) is 17.4 Å². The highest BCUT2D eigenvalue weighted by molar-refractivity contribution is 7.87. The van der Waals surface area contributed by atoms with Gasteiger partial charge in [0.05, 0.1) is 6.10 Å². The smallest absolute Gasteiger partial charge is 0.279 e. The summed E-state index contributed by atoms with van der Waals surface area (Å²) in [4.78, 5) is 0. The molecule has 0 aromatic heterocycles. The lowest BCUT2D eigenvalue weighted by atomic mass is 9.93. The van der Waals surface area contributed by atoms with Crippen molar-refractivity contribution in [3.8, 4) is 0 Å². The van der Waals surface area contributed by atoms with E-state index in [1.807, 2.05) is 30.3 Å². The molecule has 0 bridgehead atoms. The standard InChI is InChI=1S/C14H22N2O3S/c1-16(11-12-7-3-2-4-8-12)20(18,19)15-13-9-5-6-10-14(13)17/h2-4,7-8,13-15,17H,5-6,9-11H2,1H3/t13-,14-/m0/s1. The van der Waals surface area contributed by atoms with Gasteiger partial charge in [0.2, 0.25) is 0 Å². The minimum Gasteiger partial charge on any atom is -0.391 e. The van der Waals surface area contributed by atoms with Crippen molar-refractivity contribution < 1.29 is 13.5 Å². The van der Waals surface area contributed by atoms with Crippen LogP contribution >= 0.6 is 0 Å². The van der Waals surface area contributed by atoms with Crippen LogP contribution in [-0.2, 0) is 16.8 Å². The molecule has 2 rings (SSSR count). The Morgan fingerprint density at radius 3 is 2.55 bits per heavy atom. The van der Waals surface area contributed by atoms with Crippen LogP contribution < -0.4 is 4.72 Å². The molecule has 0 aliphatic heterocycles. The van der Waals surface area contributed by atoms with Crippen molar-refractivity contribution in [2.24, 2.45) is 0 Å². The van der Waals surface area contributed by atoms with E-state index >= 15 is 0 Å².